The third kappa shape index (κ3) is 6.19. The molecule has 0 amide bonds. The maximum absolute atomic E-state index is 9.84. The Hall–Kier alpha value is -1.35. The average Bonchev–Trinajstić information content (AvgIpc) is 2.29. The molecule has 0 saturated carbocycles. The van der Waals surface area contributed by atoms with Crippen LogP contribution in [0.4, 0.5) is 0 Å². The van der Waals surface area contributed by atoms with E-state index in [9.17, 15) is 4.79 Å². The number of esters is 1. The van der Waals surface area contributed by atoms with Crippen LogP contribution < -0.4 is 5.19 Å². The van der Waals surface area contributed by atoms with E-state index in [4.69, 9.17) is 0 Å². The van der Waals surface area contributed by atoms with E-state index < -0.39 is 14.8 Å². The van der Waals surface area contributed by atoms with Gasteiger partial charge in [-0.25, -0.2) is 4.79 Å². The summed E-state index contributed by atoms with van der Waals surface area (Å²) in [5, 5.41) is 1.56. The van der Waals surface area contributed by atoms with Crippen molar-refractivity contribution >= 4 is 20.0 Å². The van der Waals surface area contributed by atoms with E-state index in [0.29, 0.717) is 0 Å². The zero-order chi connectivity index (χ0) is 12.6. The van der Waals surface area contributed by atoms with E-state index in [2.05, 4.69) is 55.6 Å². The second kappa shape index (κ2) is 7.88. The molecular formula is C13H20O2Si. The number of carbonyl (C=O) groups is 1. The van der Waals surface area contributed by atoms with Crippen molar-refractivity contribution in [3.8, 4) is 0 Å². The van der Waals surface area contributed by atoms with E-state index in [-0.39, 0.29) is 0 Å². The number of carbonyl (C=O) groups excluding carboxylic acids is 1. The van der Waals surface area contributed by atoms with Gasteiger partial charge in [0.25, 0.3) is 0 Å². The Bertz CT molecular complexity index is 328. The first kappa shape index (κ1) is 14.6. The van der Waals surface area contributed by atoms with Crippen LogP contribution in [0.1, 0.15) is 5.56 Å². The van der Waals surface area contributed by atoms with Crippen molar-refractivity contribution in [2.45, 2.75) is 20.0 Å². The van der Waals surface area contributed by atoms with Crippen LogP contribution in [0, 0.1) is 6.92 Å². The first-order valence-electron chi connectivity index (χ1n) is 5.28. The van der Waals surface area contributed by atoms with E-state index in [1.807, 2.05) is 0 Å². The number of hydrogen-bond donors (Lipinski definition) is 0. The summed E-state index contributed by atoms with van der Waals surface area (Å²) in [5.74, 6) is -0.394. The summed E-state index contributed by atoms with van der Waals surface area (Å²) in [4.78, 5) is 9.84. The Morgan fingerprint density at radius 1 is 1.31 bits per heavy atom. The van der Waals surface area contributed by atoms with Crippen molar-refractivity contribution in [1.82, 2.24) is 0 Å². The Kier molecular flexibility index (Phi) is 7.21. The standard InChI is InChI=1S/C9H14Si.C4H6O2/c1-8-4-6-9(7-5-8)10(2)3;1-3-4(5)6-2/h4-7,10H,1-3H3;3H,1H2,2H3. The van der Waals surface area contributed by atoms with Gasteiger partial charge in [-0.1, -0.05) is 54.7 Å². The van der Waals surface area contributed by atoms with Crippen LogP contribution in [0.3, 0.4) is 0 Å². The lowest BCUT2D eigenvalue weighted by Crippen LogP contribution is -2.21. The van der Waals surface area contributed by atoms with E-state index in [1.54, 1.807) is 5.19 Å². The van der Waals surface area contributed by atoms with Crippen molar-refractivity contribution in [2.24, 2.45) is 0 Å². The molecule has 0 aliphatic heterocycles. The highest BCUT2D eigenvalue weighted by Crippen LogP contribution is 1.94. The molecule has 0 unspecified atom stereocenters. The van der Waals surface area contributed by atoms with E-state index in [1.165, 1.54) is 12.7 Å². The molecule has 0 bridgehead atoms. The van der Waals surface area contributed by atoms with Crippen LogP contribution in [0.15, 0.2) is 36.9 Å². The molecule has 0 atom stereocenters. The number of aryl methyl sites for hydroxylation is 1. The lowest BCUT2D eigenvalue weighted by atomic mass is 10.2. The molecule has 0 fully saturated rings. The Morgan fingerprint density at radius 3 is 2.06 bits per heavy atom. The molecule has 0 radical (unpaired) electrons. The van der Waals surface area contributed by atoms with Crippen LogP contribution in [0.2, 0.25) is 13.1 Å². The minimum Gasteiger partial charge on any atom is -0.466 e. The van der Waals surface area contributed by atoms with Gasteiger partial charge in [-0.2, -0.15) is 0 Å². The lowest BCUT2D eigenvalue weighted by Gasteiger charge is -2.02. The normalized spacial score (nSPS) is 9.06. The molecule has 88 valence electrons. The highest BCUT2D eigenvalue weighted by molar-refractivity contribution is 6.70. The predicted molar refractivity (Wildman–Crippen MR) is 71.9 cm³/mol. The number of methoxy groups -OCH3 is 1. The summed E-state index contributed by atoms with van der Waals surface area (Å²) >= 11 is 0. The highest BCUT2D eigenvalue weighted by Gasteiger charge is 1.97. The van der Waals surface area contributed by atoms with Gasteiger partial charge in [0.2, 0.25) is 0 Å². The van der Waals surface area contributed by atoms with Gasteiger partial charge in [0.1, 0.15) is 0 Å². The zero-order valence-electron chi connectivity index (χ0n) is 10.5. The zero-order valence-corrected chi connectivity index (χ0v) is 11.6. The van der Waals surface area contributed by atoms with Gasteiger partial charge in [0, 0.05) is 6.08 Å². The van der Waals surface area contributed by atoms with Gasteiger partial charge in [0.05, 0.1) is 15.9 Å². The quantitative estimate of drug-likeness (QED) is 0.446. The van der Waals surface area contributed by atoms with Crippen molar-refractivity contribution in [1.29, 1.82) is 0 Å². The van der Waals surface area contributed by atoms with Crippen LogP contribution in [0.25, 0.3) is 0 Å². The van der Waals surface area contributed by atoms with Crippen LogP contribution in [-0.2, 0) is 9.53 Å². The smallest absolute Gasteiger partial charge is 0.329 e. The minimum absolute atomic E-state index is 0.394. The molecule has 1 aromatic rings. The van der Waals surface area contributed by atoms with Crippen molar-refractivity contribution in [3.05, 3.63) is 42.5 Å². The van der Waals surface area contributed by atoms with E-state index >= 15 is 0 Å². The van der Waals surface area contributed by atoms with Gasteiger partial charge in [-0.3, -0.25) is 0 Å². The summed E-state index contributed by atoms with van der Waals surface area (Å²) in [6.45, 7) is 9.99. The van der Waals surface area contributed by atoms with Crippen LogP contribution in [-0.4, -0.2) is 21.9 Å². The Labute approximate surface area is 99.6 Å². The second-order valence-corrected chi connectivity index (χ2v) is 6.77. The predicted octanol–water partition coefficient (Wildman–Crippen LogP) is 2.03. The third-order valence-electron chi connectivity index (χ3n) is 2.11. The maximum Gasteiger partial charge on any atom is 0.329 e. The van der Waals surface area contributed by atoms with Gasteiger partial charge in [-0.05, 0) is 6.92 Å². The van der Waals surface area contributed by atoms with Crippen LogP contribution in [0.5, 0.6) is 0 Å². The lowest BCUT2D eigenvalue weighted by molar-refractivity contribution is -0.134. The van der Waals surface area contributed by atoms with Crippen molar-refractivity contribution in [3.63, 3.8) is 0 Å². The van der Waals surface area contributed by atoms with Crippen molar-refractivity contribution in [2.75, 3.05) is 7.11 Å². The maximum atomic E-state index is 9.84. The third-order valence-corrected chi connectivity index (χ3v) is 3.83. The Morgan fingerprint density at radius 2 is 1.81 bits per heavy atom. The fourth-order valence-electron chi connectivity index (χ4n) is 1.03. The van der Waals surface area contributed by atoms with Gasteiger partial charge >= 0.3 is 5.97 Å². The molecule has 16 heavy (non-hydrogen) atoms. The van der Waals surface area contributed by atoms with Gasteiger partial charge in [0.15, 0.2) is 0 Å². The number of ether oxygens (including phenoxy) is 1. The minimum atomic E-state index is -0.549. The second-order valence-electron chi connectivity index (χ2n) is 3.79. The molecule has 0 spiro atoms. The fraction of sp³-hybridized carbons (Fsp3) is 0.308. The molecule has 0 heterocycles. The summed E-state index contributed by atoms with van der Waals surface area (Å²) in [5.41, 5.74) is 1.36. The summed E-state index contributed by atoms with van der Waals surface area (Å²) in [6.07, 6.45) is 1.11. The molecule has 0 aromatic heterocycles. The first-order valence-corrected chi connectivity index (χ1v) is 8.16. The van der Waals surface area contributed by atoms with E-state index in [0.717, 1.165) is 6.08 Å². The van der Waals surface area contributed by atoms with Gasteiger partial charge < -0.3 is 4.74 Å². The monoisotopic (exact) mass is 236 g/mol. The molecule has 0 N–H and O–H groups in total. The largest absolute Gasteiger partial charge is 0.466 e. The topological polar surface area (TPSA) is 26.3 Å². The molecule has 1 aromatic carbocycles. The first-order chi connectivity index (χ1) is 7.51. The number of hydrogen-bond acceptors (Lipinski definition) is 2. The van der Waals surface area contributed by atoms with Crippen molar-refractivity contribution < 1.29 is 9.53 Å². The molecule has 0 aliphatic carbocycles. The molecule has 3 heteroatoms. The molecule has 0 aliphatic rings. The number of rotatable bonds is 2. The van der Waals surface area contributed by atoms with Crippen LogP contribution >= 0.6 is 0 Å². The summed E-state index contributed by atoms with van der Waals surface area (Å²) in [6, 6.07) is 8.91. The highest BCUT2D eigenvalue weighted by atomic mass is 28.3. The summed E-state index contributed by atoms with van der Waals surface area (Å²) < 4.78 is 4.14. The van der Waals surface area contributed by atoms with Gasteiger partial charge in [-0.15, -0.1) is 0 Å². The SMILES string of the molecule is C=CC(=O)OC.Cc1ccc([SiH](C)C)cc1. The molecular weight excluding hydrogens is 216 g/mol. The number of benzene rings is 1. The molecule has 2 nitrogen and oxygen atoms in total. The summed E-state index contributed by atoms with van der Waals surface area (Å²) in [7, 11) is 0.760. The average molecular weight is 236 g/mol. The molecule has 1 rings (SSSR count). The fourth-order valence-corrected chi connectivity index (χ4v) is 2.00. The Balaban J connectivity index is 0.000000325. The molecule has 0 saturated heterocycles.